The Morgan fingerprint density at radius 1 is 0.967 bits per heavy atom. The SMILES string of the molecule is Cc1cc(C)c(C(O)c2ccc(OCc3ccccc3)c(-n3ccnc3)c2)c(C)c1. The summed E-state index contributed by atoms with van der Waals surface area (Å²) in [5.74, 6) is 0.741. The summed E-state index contributed by atoms with van der Waals surface area (Å²) < 4.78 is 8.03. The summed E-state index contributed by atoms with van der Waals surface area (Å²) in [5, 5.41) is 11.2. The highest BCUT2D eigenvalue weighted by atomic mass is 16.5. The highest BCUT2D eigenvalue weighted by Gasteiger charge is 2.18. The number of aromatic nitrogens is 2. The largest absolute Gasteiger partial charge is 0.487 e. The van der Waals surface area contributed by atoms with E-state index in [2.05, 4.69) is 24.0 Å². The van der Waals surface area contributed by atoms with Gasteiger partial charge in [-0.2, -0.15) is 0 Å². The lowest BCUT2D eigenvalue weighted by atomic mass is 9.91. The first-order valence-electron chi connectivity index (χ1n) is 10.1. The molecule has 0 bridgehead atoms. The maximum absolute atomic E-state index is 11.2. The molecule has 0 aliphatic carbocycles. The summed E-state index contributed by atoms with van der Waals surface area (Å²) in [6.45, 7) is 6.64. The summed E-state index contributed by atoms with van der Waals surface area (Å²) in [6.07, 6.45) is 4.64. The van der Waals surface area contributed by atoms with Crippen LogP contribution in [0.2, 0.25) is 0 Å². The number of aliphatic hydroxyl groups is 1. The molecule has 4 nitrogen and oxygen atoms in total. The van der Waals surface area contributed by atoms with Gasteiger partial charge in [-0.05, 0) is 60.7 Å². The van der Waals surface area contributed by atoms with Gasteiger partial charge >= 0.3 is 0 Å². The Kier molecular flexibility index (Phi) is 5.68. The van der Waals surface area contributed by atoms with Gasteiger partial charge in [0.1, 0.15) is 18.5 Å². The molecule has 4 rings (SSSR count). The van der Waals surface area contributed by atoms with Crippen molar-refractivity contribution in [3.63, 3.8) is 0 Å². The van der Waals surface area contributed by atoms with Crippen LogP contribution >= 0.6 is 0 Å². The van der Waals surface area contributed by atoms with Crippen molar-refractivity contribution in [3.05, 3.63) is 113 Å². The van der Waals surface area contributed by atoms with Gasteiger partial charge < -0.3 is 14.4 Å². The molecule has 0 amide bonds. The minimum atomic E-state index is -0.712. The molecular formula is C26H26N2O2. The van der Waals surface area contributed by atoms with Crippen LogP contribution < -0.4 is 4.74 Å². The van der Waals surface area contributed by atoms with Gasteiger partial charge in [0.25, 0.3) is 0 Å². The van der Waals surface area contributed by atoms with Crippen LogP contribution in [0.25, 0.3) is 5.69 Å². The Morgan fingerprint density at radius 3 is 2.37 bits per heavy atom. The smallest absolute Gasteiger partial charge is 0.143 e. The fourth-order valence-corrected chi connectivity index (χ4v) is 3.95. The molecular weight excluding hydrogens is 372 g/mol. The highest BCUT2D eigenvalue weighted by Crippen LogP contribution is 2.33. The van der Waals surface area contributed by atoms with Gasteiger partial charge in [-0.15, -0.1) is 0 Å². The third-order valence-corrected chi connectivity index (χ3v) is 5.33. The topological polar surface area (TPSA) is 47.3 Å². The van der Waals surface area contributed by atoms with Gasteiger partial charge in [0.2, 0.25) is 0 Å². The van der Waals surface area contributed by atoms with Crippen LogP contribution in [0, 0.1) is 20.8 Å². The molecule has 0 spiro atoms. The number of nitrogens with zero attached hydrogens (tertiary/aromatic N) is 2. The first-order chi connectivity index (χ1) is 14.5. The lowest BCUT2D eigenvalue weighted by Gasteiger charge is -2.20. The molecule has 0 saturated heterocycles. The number of ether oxygens (including phenoxy) is 1. The Bertz CT molecular complexity index is 1110. The van der Waals surface area contributed by atoms with Crippen LogP contribution in [0.1, 0.15) is 39.5 Å². The Morgan fingerprint density at radius 2 is 1.70 bits per heavy atom. The number of aryl methyl sites for hydroxylation is 3. The van der Waals surface area contributed by atoms with Gasteiger partial charge in [-0.3, -0.25) is 0 Å². The molecule has 4 aromatic rings. The Labute approximate surface area is 177 Å². The number of hydrogen-bond acceptors (Lipinski definition) is 3. The molecule has 0 aliphatic rings. The summed E-state index contributed by atoms with van der Waals surface area (Å²) in [6, 6.07) is 20.1. The number of benzene rings is 3. The molecule has 1 heterocycles. The van der Waals surface area contributed by atoms with Crippen LogP contribution in [0.3, 0.4) is 0 Å². The molecule has 4 heteroatoms. The quantitative estimate of drug-likeness (QED) is 0.469. The predicted octanol–water partition coefficient (Wildman–Crippen LogP) is 5.46. The zero-order valence-corrected chi connectivity index (χ0v) is 17.5. The average Bonchev–Trinajstić information content (AvgIpc) is 3.27. The molecule has 0 aliphatic heterocycles. The van der Waals surface area contributed by atoms with E-state index in [1.807, 2.05) is 73.1 Å². The van der Waals surface area contributed by atoms with E-state index < -0.39 is 6.10 Å². The standard InChI is InChI=1S/C26H26N2O2/c1-18-13-19(2)25(20(3)14-18)26(29)22-9-10-24(23(15-22)28-12-11-27-17-28)30-16-21-7-5-4-6-8-21/h4-15,17,26,29H,16H2,1-3H3. The summed E-state index contributed by atoms with van der Waals surface area (Å²) in [7, 11) is 0. The second-order valence-electron chi connectivity index (χ2n) is 7.69. The number of aliphatic hydroxyl groups excluding tert-OH is 1. The first-order valence-corrected chi connectivity index (χ1v) is 10.1. The first kappa shape index (κ1) is 19.9. The minimum Gasteiger partial charge on any atom is -0.487 e. The van der Waals surface area contributed by atoms with Crippen molar-refractivity contribution in [2.45, 2.75) is 33.5 Å². The van der Waals surface area contributed by atoms with Gasteiger partial charge in [0.05, 0.1) is 12.0 Å². The number of imidazole rings is 1. The van der Waals surface area contributed by atoms with Crippen molar-refractivity contribution in [3.8, 4) is 11.4 Å². The zero-order chi connectivity index (χ0) is 21.1. The molecule has 1 atom stereocenters. The second kappa shape index (κ2) is 8.56. The van der Waals surface area contributed by atoms with Crippen molar-refractivity contribution in [2.24, 2.45) is 0 Å². The number of rotatable bonds is 6. The van der Waals surface area contributed by atoms with E-state index in [-0.39, 0.29) is 0 Å². The van der Waals surface area contributed by atoms with Crippen molar-refractivity contribution >= 4 is 0 Å². The molecule has 1 aromatic heterocycles. The summed E-state index contributed by atoms with van der Waals surface area (Å²) in [5.41, 5.74) is 7.11. The molecule has 0 fully saturated rings. The van der Waals surface area contributed by atoms with Crippen molar-refractivity contribution in [1.29, 1.82) is 0 Å². The van der Waals surface area contributed by atoms with Crippen molar-refractivity contribution in [1.82, 2.24) is 9.55 Å². The van der Waals surface area contributed by atoms with E-state index in [1.165, 1.54) is 5.56 Å². The monoisotopic (exact) mass is 398 g/mol. The molecule has 1 N–H and O–H groups in total. The van der Waals surface area contributed by atoms with Crippen molar-refractivity contribution < 1.29 is 9.84 Å². The van der Waals surface area contributed by atoms with E-state index in [4.69, 9.17) is 4.74 Å². The van der Waals surface area contributed by atoms with Gasteiger partial charge in [-0.25, -0.2) is 4.98 Å². The lowest BCUT2D eigenvalue weighted by Crippen LogP contribution is -2.07. The second-order valence-corrected chi connectivity index (χ2v) is 7.69. The van der Waals surface area contributed by atoms with Crippen molar-refractivity contribution in [2.75, 3.05) is 0 Å². The third-order valence-electron chi connectivity index (χ3n) is 5.33. The van der Waals surface area contributed by atoms with Crippen LogP contribution in [0.4, 0.5) is 0 Å². The zero-order valence-electron chi connectivity index (χ0n) is 17.5. The maximum atomic E-state index is 11.2. The average molecular weight is 399 g/mol. The summed E-state index contributed by atoms with van der Waals surface area (Å²) >= 11 is 0. The maximum Gasteiger partial charge on any atom is 0.143 e. The summed E-state index contributed by atoms with van der Waals surface area (Å²) in [4.78, 5) is 4.17. The van der Waals surface area contributed by atoms with E-state index in [0.717, 1.165) is 39.3 Å². The third kappa shape index (κ3) is 4.14. The van der Waals surface area contributed by atoms with E-state index in [9.17, 15) is 5.11 Å². The highest BCUT2D eigenvalue weighted by molar-refractivity contribution is 5.52. The van der Waals surface area contributed by atoms with Crippen LogP contribution in [-0.2, 0) is 6.61 Å². The van der Waals surface area contributed by atoms with Gasteiger partial charge in [0, 0.05) is 12.4 Å². The molecule has 30 heavy (non-hydrogen) atoms. The fourth-order valence-electron chi connectivity index (χ4n) is 3.95. The van der Waals surface area contributed by atoms with Gasteiger partial charge in [0.15, 0.2) is 0 Å². The molecule has 0 radical (unpaired) electrons. The Hall–Kier alpha value is -3.37. The molecule has 1 unspecified atom stereocenters. The van der Waals surface area contributed by atoms with E-state index in [0.29, 0.717) is 6.61 Å². The van der Waals surface area contributed by atoms with Gasteiger partial charge in [-0.1, -0.05) is 54.1 Å². The van der Waals surface area contributed by atoms with Crippen LogP contribution in [0.5, 0.6) is 5.75 Å². The van der Waals surface area contributed by atoms with E-state index in [1.54, 1.807) is 12.5 Å². The van der Waals surface area contributed by atoms with Crippen LogP contribution in [-0.4, -0.2) is 14.7 Å². The lowest BCUT2D eigenvalue weighted by molar-refractivity contribution is 0.218. The van der Waals surface area contributed by atoms with Crippen LogP contribution in [0.15, 0.2) is 79.4 Å². The molecule has 0 saturated carbocycles. The Balaban J connectivity index is 1.70. The fraction of sp³-hybridized carbons (Fsp3) is 0.192. The molecule has 152 valence electrons. The number of hydrogen-bond donors (Lipinski definition) is 1. The predicted molar refractivity (Wildman–Crippen MR) is 119 cm³/mol. The normalized spacial score (nSPS) is 12.0. The van der Waals surface area contributed by atoms with E-state index >= 15 is 0 Å². The molecule has 3 aromatic carbocycles. The minimum absolute atomic E-state index is 0.473.